The third-order valence-corrected chi connectivity index (χ3v) is 2.51. The Labute approximate surface area is 74.1 Å². The van der Waals surface area contributed by atoms with Gasteiger partial charge < -0.3 is 4.90 Å². The fraction of sp³-hybridized carbons (Fsp3) is 1.00. The van der Waals surface area contributed by atoms with Crippen molar-refractivity contribution in [2.75, 3.05) is 38.7 Å². The number of piperazine rings is 1. The van der Waals surface area contributed by atoms with Gasteiger partial charge in [0.2, 0.25) is 0 Å². The second-order valence-electron chi connectivity index (χ2n) is 3.08. The zero-order valence-corrected chi connectivity index (χ0v) is 7.98. The molecule has 0 amide bonds. The molecule has 1 heterocycles. The fourth-order valence-electron chi connectivity index (χ4n) is 1.45. The van der Waals surface area contributed by atoms with Gasteiger partial charge in [0, 0.05) is 26.2 Å². The average molecular weight is 177 g/mol. The van der Waals surface area contributed by atoms with Crippen molar-refractivity contribution in [3.05, 3.63) is 0 Å². The Hall–Kier alpha value is 0.210. The molecule has 0 radical (unpaired) electrons. The molecule has 3 heteroatoms. The van der Waals surface area contributed by atoms with Crippen molar-refractivity contribution in [3.8, 4) is 0 Å². The van der Waals surface area contributed by atoms with Gasteiger partial charge in [0.15, 0.2) is 0 Å². The monoisotopic (exact) mass is 176 g/mol. The lowest BCUT2D eigenvalue weighted by Crippen LogP contribution is -2.45. The first-order valence-corrected chi connectivity index (χ1v) is 4.91. The summed E-state index contributed by atoms with van der Waals surface area (Å²) < 4.78 is 0. The van der Waals surface area contributed by atoms with E-state index in [0.29, 0.717) is 6.00 Å². The average Bonchev–Trinajstić information content (AvgIpc) is 2.07. The highest BCUT2D eigenvalue weighted by Gasteiger charge is 2.14. The second kappa shape index (κ2) is 4.96. The molecule has 0 aromatic heterocycles. The van der Waals surface area contributed by atoms with Gasteiger partial charge in [0.05, 0.1) is 6.00 Å². The zero-order valence-electron chi connectivity index (χ0n) is 7.22. The summed E-state index contributed by atoms with van der Waals surface area (Å²) in [5.41, 5.74) is 0. The van der Waals surface area contributed by atoms with E-state index in [4.69, 9.17) is 11.6 Å². The highest BCUT2D eigenvalue weighted by atomic mass is 35.5. The largest absolute Gasteiger partial charge is 0.301 e. The van der Waals surface area contributed by atoms with E-state index < -0.39 is 0 Å². The predicted octanol–water partition coefficient (Wildman–Crippen LogP) is 1.21. The Morgan fingerprint density at radius 1 is 1.09 bits per heavy atom. The van der Waals surface area contributed by atoms with E-state index in [-0.39, 0.29) is 0 Å². The lowest BCUT2D eigenvalue weighted by Gasteiger charge is -2.33. The van der Waals surface area contributed by atoms with Crippen LogP contribution in [0.2, 0.25) is 0 Å². The summed E-state index contributed by atoms with van der Waals surface area (Å²) in [6, 6.07) is 0.694. The molecule has 0 aromatic carbocycles. The molecule has 11 heavy (non-hydrogen) atoms. The second-order valence-corrected chi connectivity index (χ2v) is 3.32. The first-order valence-electron chi connectivity index (χ1n) is 4.37. The normalized spacial score (nSPS) is 22.4. The minimum atomic E-state index is 0.694. The number of alkyl halides is 1. The molecule has 1 saturated heterocycles. The molecule has 66 valence electrons. The van der Waals surface area contributed by atoms with Crippen LogP contribution in [0.25, 0.3) is 0 Å². The van der Waals surface area contributed by atoms with Crippen molar-refractivity contribution < 1.29 is 0 Å². The van der Waals surface area contributed by atoms with Crippen LogP contribution >= 0.6 is 11.6 Å². The summed E-state index contributed by atoms with van der Waals surface area (Å²) in [6.45, 7) is 8.15. The summed E-state index contributed by atoms with van der Waals surface area (Å²) in [5, 5.41) is 0. The number of hydrogen-bond acceptors (Lipinski definition) is 2. The maximum absolute atomic E-state index is 5.71. The highest BCUT2D eigenvalue weighted by Crippen LogP contribution is 2.02. The van der Waals surface area contributed by atoms with Crippen LogP contribution in [0.3, 0.4) is 0 Å². The Bertz CT molecular complexity index is 100. The number of hydrogen-bond donors (Lipinski definition) is 0. The summed E-state index contributed by atoms with van der Waals surface area (Å²) in [7, 11) is 0. The molecule has 1 fully saturated rings. The smallest absolute Gasteiger partial charge is 0.0739 e. The Kier molecular flexibility index (Phi) is 4.20. The molecule has 0 aliphatic carbocycles. The van der Waals surface area contributed by atoms with E-state index in [1.807, 2.05) is 0 Å². The van der Waals surface area contributed by atoms with Gasteiger partial charge in [-0.2, -0.15) is 0 Å². The molecule has 0 spiro atoms. The molecule has 0 saturated carbocycles. The first kappa shape index (κ1) is 9.30. The van der Waals surface area contributed by atoms with Crippen LogP contribution in [0.1, 0.15) is 13.3 Å². The maximum atomic E-state index is 5.71. The molecule has 1 aliphatic rings. The van der Waals surface area contributed by atoms with Gasteiger partial charge in [-0.15, -0.1) is 11.6 Å². The van der Waals surface area contributed by atoms with Crippen molar-refractivity contribution in [2.45, 2.75) is 13.3 Å². The zero-order chi connectivity index (χ0) is 8.10. The van der Waals surface area contributed by atoms with Crippen LogP contribution in [-0.4, -0.2) is 48.5 Å². The van der Waals surface area contributed by atoms with Crippen molar-refractivity contribution in [3.63, 3.8) is 0 Å². The predicted molar refractivity (Wildman–Crippen MR) is 49.0 cm³/mol. The van der Waals surface area contributed by atoms with Crippen LogP contribution in [0, 0.1) is 0 Å². The molecular formula is C8H17ClN2. The van der Waals surface area contributed by atoms with Crippen LogP contribution in [0.15, 0.2) is 0 Å². The van der Waals surface area contributed by atoms with E-state index in [0.717, 1.165) is 13.1 Å². The molecule has 0 aromatic rings. The van der Waals surface area contributed by atoms with Crippen molar-refractivity contribution in [1.29, 1.82) is 0 Å². The van der Waals surface area contributed by atoms with Crippen LogP contribution < -0.4 is 0 Å². The number of nitrogens with zero attached hydrogens (tertiary/aromatic N) is 2. The van der Waals surface area contributed by atoms with E-state index >= 15 is 0 Å². The van der Waals surface area contributed by atoms with Crippen molar-refractivity contribution in [1.82, 2.24) is 9.80 Å². The van der Waals surface area contributed by atoms with Crippen molar-refractivity contribution >= 4 is 11.6 Å². The number of halogens is 1. The van der Waals surface area contributed by atoms with Gasteiger partial charge in [-0.1, -0.05) is 6.92 Å². The van der Waals surface area contributed by atoms with Gasteiger partial charge in [0.25, 0.3) is 0 Å². The molecule has 2 nitrogen and oxygen atoms in total. The maximum Gasteiger partial charge on any atom is 0.0739 e. The van der Waals surface area contributed by atoms with Crippen LogP contribution in [0.4, 0.5) is 0 Å². The Morgan fingerprint density at radius 2 is 1.64 bits per heavy atom. The Balaban J connectivity index is 2.14. The molecule has 1 aliphatic heterocycles. The lowest BCUT2D eigenvalue weighted by atomic mass is 10.3. The van der Waals surface area contributed by atoms with Gasteiger partial charge in [0.1, 0.15) is 0 Å². The van der Waals surface area contributed by atoms with E-state index in [1.54, 1.807) is 0 Å². The van der Waals surface area contributed by atoms with E-state index in [2.05, 4.69) is 16.7 Å². The molecule has 0 atom stereocenters. The minimum absolute atomic E-state index is 0.694. The minimum Gasteiger partial charge on any atom is -0.301 e. The van der Waals surface area contributed by atoms with Crippen LogP contribution in [0.5, 0.6) is 0 Å². The van der Waals surface area contributed by atoms with Crippen LogP contribution in [-0.2, 0) is 0 Å². The summed E-state index contributed by atoms with van der Waals surface area (Å²) >= 11 is 5.71. The number of rotatable bonds is 3. The van der Waals surface area contributed by atoms with Gasteiger partial charge in [-0.25, -0.2) is 0 Å². The third-order valence-electron chi connectivity index (χ3n) is 2.17. The summed E-state index contributed by atoms with van der Waals surface area (Å²) in [6.07, 6.45) is 1.26. The molecule has 1 rings (SSSR count). The standard InChI is InChI=1S/C8H17ClN2/c1-2-3-10-4-6-11(8-9)7-5-10/h2-8H2,1H3. The molecule has 0 bridgehead atoms. The van der Waals surface area contributed by atoms with Gasteiger partial charge in [-0.05, 0) is 13.0 Å². The highest BCUT2D eigenvalue weighted by molar-refractivity contribution is 6.17. The van der Waals surface area contributed by atoms with E-state index in [1.165, 1.54) is 26.1 Å². The molecule has 0 N–H and O–H groups in total. The van der Waals surface area contributed by atoms with E-state index in [9.17, 15) is 0 Å². The molecule has 0 unspecified atom stereocenters. The topological polar surface area (TPSA) is 6.48 Å². The lowest BCUT2D eigenvalue weighted by molar-refractivity contribution is 0.148. The van der Waals surface area contributed by atoms with Gasteiger partial charge >= 0.3 is 0 Å². The first-order chi connectivity index (χ1) is 5.36. The summed E-state index contributed by atoms with van der Waals surface area (Å²) in [5.74, 6) is 0. The van der Waals surface area contributed by atoms with Crippen molar-refractivity contribution in [2.24, 2.45) is 0 Å². The van der Waals surface area contributed by atoms with Gasteiger partial charge in [-0.3, -0.25) is 4.90 Å². The summed E-state index contributed by atoms with van der Waals surface area (Å²) in [4.78, 5) is 4.79. The molecular weight excluding hydrogens is 160 g/mol. The Morgan fingerprint density at radius 3 is 2.09 bits per heavy atom. The fourth-order valence-corrected chi connectivity index (χ4v) is 1.69. The third kappa shape index (κ3) is 2.97. The SMILES string of the molecule is CCCN1CCN(CCl)CC1. The quantitative estimate of drug-likeness (QED) is 0.471.